The van der Waals surface area contributed by atoms with Crippen molar-refractivity contribution in [3.05, 3.63) is 40.0 Å². The van der Waals surface area contributed by atoms with E-state index in [1.807, 2.05) is 0 Å². The minimum Gasteiger partial charge on any atom is -0.480 e. The van der Waals surface area contributed by atoms with E-state index in [-0.39, 0.29) is 21.3 Å². The summed E-state index contributed by atoms with van der Waals surface area (Å²) in [6.07, 6.45) is 1.02. The van der Waals surface area contributed by atoms with Crippen LogP contribution in [0.3, 0.4) is 0 Å². The molecule has 0 aliphatic rings. The Hall–Kier alpha value is -2.23. The van der Waals surface area contributed by atoms with Crippen molar-refractivity contribution in [3.8, 4) is 6.07 Å². The van der Waals surface area contributed by atoms with E-state index in [2.05, 4.69) is 10.6 Å². The van der Waals surface area contributed by atoms with Crippen molar-refractivity contribution in [2.75, 3.05) is 11.9 Å². The summed E-state index contributed by atoms with van der Waals surface area (Å²) < 4.78 is 0. The summed E-state index contributed by atoms with van der Waals surface area (Å²) >= 11 is 11.7. The molecule has 0 aromatic heterocycles. The highest BCUT2D eigenvalue weighted by molar-refractivity contribution is 6.44. The number of rotatable bonds is 5. The van der Waals surface area contributed by atoms with Gasteiger partial charge in [-0.1, -0.05) is 29.3 Å². The molecule has 0 spiro atoms. The maximum Gasteiger partial charge on any atom is 0.322 e. The van der Waals surface area contributed by atoms with Crippen molar-refractivity contribution in [1.82, 2.24) is 5.32 Å². The van der Waals surface area contributed by atoms with Gasteiger partial charge in [-0.3, -0.25) is 9.59 Å². The Kier molecular flexibility index (Phi) is 5.84. The van der Waals surface area contributed by atoms with E-state index in [9.17, 15) is 9.59 Å². The second kappa shape index (κ2) is 7.38. The van der Waals surface area contributed by atoms with Gasteiger partial charge in [0.25, 0.3) is 5.91 Å². The fourth-order valence-electron chi connectivity index (χ4n) is 1.18. The Balaban J connectivity index is 2.81. The molecule has 20 heavy (non-hydrogen) atoms. The van der Waals surface area contributed by atoms with Crippen LogP contribution in [0.1, 0.15) is 0 Å². The van der Waals surface area contributed by atoms with Crippen molar-refractivity contribution >= 4 is 40.8 Å². The van der Waals surface area contributed by atoms with E-state index < -0.39 is 18.4 Å². The summed E-state index contributed by atoms with van der Waals surface area (Å²) in [5.41, 5.74) is -0.0363. The first-order valence-electron chi connectivity index (χ1n) is 5.26. The van der Waals surface area contributed by atoms with E-state index in [0.717, 1.165) is 6.20 Å². The number of hydrogen-bond acceptors (Lipinski definition) is 4. The summed E-state index contributed by atoms with van der Waals surface area (Å²) in [7, 11) is 0. The Morgan fingerprint density at radius 2 is 2.10 bits per heavy atom. The van der Waals surface area contributed by atoms with Crippen molar-refractivity contribution in [2.24, 2.45) is 0 Å². The molecule has 0 saturated carbocycles. The molecular weight excluding hydrogens is 305 g/mol. The van der Waals surface area contributed by atoms with Crippen LogP contribution in [0.4, 0.5) is 5.69 Å². The Labute approximate surface area is 124 Å². The van der Waals surface area contributed by atoms with Gasteiger partial charge in [-0.2, -0.15) is 5.26 Å². The van der Waals surface area contributed by atoms with Gasteiger partial charge >= 0.3 is 5.97 Å². The molecule has 0 aliphatic heterocycles. The molecule has 3 N–H and O–H groups in total. The zero-order chi connectivity index (χ0) is 15.1. The molecule has 0 bridgehead atoms. The maximum absolute atomic E-state index is 11.8. The first-order chi connectivity index (χ1) is 9.45. The fraction of sp³-hybridized carbons (Fsp3) is 0.0833. The fourth-order valence-corrected chi connectivity index (χ4v) is 1.53. The molecule has 1 rings (SSSR count). The predicted octanol–water partition coefficient (Wildman–Crippen LogP) is 2.01. The Bertz CT molecular complexity index is 608. The number of aliphatic carboxylic acids is 1. The zero-order valence-corrected chi connectivity index (χ0v) is 11.5. The predicted molar refractivity (Wildman–Crippen MR) is 74.4 cm³/mol. The van der Waals surface area contributed by atoms with Crippen molar-refractivity contribution < 1.29 is 14.7 Å². The van der Waals surface area contributed by atoms with Gasteiger partial charge < -0.3 is 15.7 Å². The molecule has 0 aliphatic carbocycles. The second-order valence-electron chi connectivity index (χ2n) is 3.50. The van der Waals surface area contributed by atoms with E-state index in [1.54, 1.807) is 18.2 Å². The van der Waals surface area contributed by atoms with Crippen LogP contribution < -0.4 is 10.6 Å². The number of halogens is 2. The summed E-state index contributed by atoms with van der Waals surface area (Å²) in [4.78, 5) is 22.1. The van der Waals surface area contributed by atoms with Gasteiger partial charge in [0, 0.05) is 6.20 Å². The van der Waals surface area contributed by atoms with Gasteiger partial charge in [0.05, 0.1) is 15.7 Å². The molecule has 1 aromatic carbocycles. The number of anilines is 1. The summed E-state index contributed by atoms with van der Waals surface area (Å²) in [6.45, 7) is -0.406. The highest BCUT2D eigenvalue weighted by atomic mass is 35.5. The molecule has 6 nitrogen and oxygen atoms in total. The zero-order valence-electron chi connectivity index (χ0n) is 9.98. The number of carbonyl (C=O) groups is 2. The number of amides is 1. The third kappa shape index (κ3) is 4.46. The highest BCUT2D eigenvalue weighted by Gasteiger charge is 2.12. The molecule has 0 radical (unpaired) electrons. The normalized spacial score (nSPS) is 10.6. The lowest BCUT2D eigenvalue weighted by atomic mass is 10.2. The smallest absolute Gasteiger partial charge is 0.322 e. The number of carboxylic acid groups (broad SMARTS) is 1. The number of hydrogen-bond donors (Lipinski definition) is 3. The van der Waals surface area contributed by atoms with Crippen LogP contribution in [-0.4, -0.2) is 23.5 Å². The largest absolute Gasteiger partial charge is 0.480 e. The molecular formula is C12H9Cl2N3O3. The topological polar surface area (TPSA) is 102 Å². The third-order valence-electron chi connectivity index (χ3n) is 2.06. The van der Waals surface area contributed by atoms with Crippen LogP contribution in [-0.2, 0) is 9.59 Å². The lowest BCUT2D eigenvalue weighted by molar-refractivity contribution is -0.135. The lowest BCUT2D eigenvalue weighted by Crippen LogP contribution is -2.20. The van der Waals surface area contributed by atoms with Crippen LogP contribution in [0.5, 0.6) is 0 Å². The lowest BCUT2D eigenvalue weighted by Gasteiger charge is -2.07. The minimum atomic E-state index is -1.11. The molecule has 0 atom stereocenters. The number of benzene rings is 1. The van der Waals surface area contributed by atoms with Crippen molar-refractivity contribution in [1.29, 1.82) is 5.26 Å². The average molecular weight is 314 g/mol. The van der Waals surface area contributed by atoms with Crippen LogP contribution in [0.25, 0.3) is 0 Å². The van der Waals surface area contributed by atoms with Gasteiger partial charge in [0.1, 0.15) is 18.2 Å². The highest BCUT2D eigenvalue weighted by Crippen LogP contribution is 2.29. The number of carboxylic acids is 1. The van der Waals surface area contributed by atoms with Crippen LogP contribution in [0.2, 0.25) is 10.0 Å². The molecule has 1 aromatic rings. The molecule has 0 unspecified atom stereocenters. The Morgan fingerprint density at radius 1 is 1.40 bits per heavy atom. The number of nitrogens with zero attached hydrogens (tertiary/aromatic N) is 1. The first kappa shape index (κ1) is 15.8. The van der Waals surface area contributed by atoms with Gasteiger partial charge in [-0.15, -0.1) is 0 Å². The minimum absolute atomic E-state index is 0.151. The molecule has 0 saturated heterocycles. The van der Waals surface area contributed by atoms with Crippen LogP contribution in [0.15, 0.2) is 30.0 Å². The monoisotopic (exact) mass is 313 g/mol. The number of nitriles is 1. The molecule has 104 valence electrons. The molecule has 0 heterocycles. The van der Waals surface area contributed by atoms with Gasteiger partial charge in [0.2, 0.25) is 0 Å². The van der Waals surface area contributed by atoms with E-state index in [0.29, 0.717) is 0 Å². The van der Waals surface area contributed by atoms with Gasteiger partial charge in [-0.25, -0.2) is 0 Å². The van der Waals surface area contributed by atoms with E-state index >= 15 is 0 Å². The van der Waals surface area contributed by atoms with E-state index in [1.165, 1.54) is 6.07 Å². The summed E-state index contributed by atoms with van der Waals surface area (Å²) in [5, 5.41) is 22.4. The SMILES string of the molecule is N#C/C(=C/NCC(=O)O)C(=O)Nc1cccc(Cl)c1Cl. The number of nitrogens with one attached hydrogen (secondary N) is 2. The standard InChI is InChI=1S/C12H9Cl2N3O3/c13-8-2-1-3-9(11(8)14)17-12(20)7(4-15)5-16-6-10(18)19/h1-3,5,16H,6H2,(H,17,20)(H,18,19)/b7-5-. The van der Waals surface area contributed by atoms with Crippen LogP contribution >= 0.6 is 23.2 Å². The summed E-state index contributed by atoms with van der Waals surface area (Å²) in [6, 6.07) is 6.30. The van der Waals surface area contributed by atoms with Crippen molar-refractivity contribution in [3.63, 3.8) is 0 Å². The van der Waals surface area contributed by atoms with Crippen LogP contribution in [0, 0.1) is 11.3 Å². The third-order valence-corrected chi connectivity index (χ3v) is 2.88. The maximum atomic E-state index is 11.8. The first-order valence-corrected chi connectivity index (χ1v) is 6.02. The van der Waals surface area contributed by atoms with Crippen molar-refractivity contribution in [2.45, 2.75) is 0 Å². The molecule has 8 heteroatoms. The van der Waals surface area contributed by atoms with E-state index in [4.69, 9.17) is 33.6 Å². The Morgan fingerprint density at radius 3 is 2.70 bits per heavy atom. The number of carbonyl (C=O) groups excluding carboxylic acids is 1. The van der Waals surface area contributed by atoms with Gasteiger partial charge in [-0.05, 0) is 12.1 Å². The van der Waals surface area contributed by atoms with Gasteiger partial charge in [0.15, 0.2) is 0 Å². The molecule has 1 amide bonds. The second-order valence-corrected chi connectivity index (χ2v) is 4.29. The molecule has 0 fully saturated rings. The summed E-state index contributed by atoms with van der Waals surface area (Å²) in [5.74, 6) is -1.84. The quantitative estimate of drug-likeness (QED) is 0.570. The average Bonchev–Trinajstić information content (AvgIpc) is 2.39.